The van der Waals surface area contributed by atoms with Gasteiger partial charge in [-0.05, 0) is 40.0 Å². The zero-order valence-electron chi connectivity index (χ0n) is 12.1. The Balaban J connectivity index is 2.21. The summed E-state index contributed by atoms with van der Waals surface area (Å²) in [6.45, 7) is 5.27. The molecule has 0 saturated heterocycles. The summed E-state index contributed by atoms with van der Waals surface area (Å²) in [5.41, 5.74) is -0.549. The van der Waals surface area contributed by atoms with Crippen LogP contribution >= 0.6 is 0 Å². The van der Waals surface area contributed by atoms with E-state index in [2.05, 4.69) is 10.6 Å². The lowest BCUT2D eigenvalue weighted by Crippen LogP contribution is -2.39. The molecule has 118 valence electrons. The van der Waals surface area contributed by atoms with Crippen molar-refractivity contribution in [2.75, 3.05) is 6.54 Å². The Morgan fingerprint density at radius 2 is 1.80 bits per heavy atom. The maximum atomic E-state index is 12.0. The molecule has 2 unspecified atom stereocenters. The van der Waals surface area contributed by atoms with E-state index in [1.54, 1.807) is 20.8 Å². The Labute approximate surface area is 117 Å². The minimum Gasteiger partial charge on any atom is -0.444 e. The molecule has 1 rings (SSSR count). The van der Waals surface area contributed by atoms with Gasteiger partial charge >= 0.3 is 12.3 Å². The minimum atomic E-state index is -4.13. The lowest BCUT2D eigenvalue weighted by atomic mass is 10.2. The second kappa shape index (κ2) is 6.65. The number of amides is 1. The lowest BCUT2D eigenvalue weighted by molar-refractivity contribution is -0.133. The Kier molecular flexibility index (Phi) is 5.68. The molecule has 0 radical (unpaired) electrons. The van der Waals surface area contributed by atoms with Crippen LogP contribution in [0.15, 0.2) is 0 Å². The number of alkyl carbamates (subject to hydrolysis) is 1. The fourth-order valence-corrected chi connectivity index (χ4v) is 2.19. The molecule has 1 aliphatic carbocycles. The molecule has 0 aromatic rings. The molecule has 1 fully saturated rings. The van der Waals surface area contributed by atoms with E-state index in [0.717, 1.165) is 12.8 Å². The van der Waals surface area contributed by atoms with Gasteiger partial charge in [-0.1, -0.05) is 0 Å². The van der Waals surface area contributed by atoms with Crippen molar-refractivity contribution in [2.24, 2.45) is 0 Å². The number of rotatable bonds is 4. The van der Waals surface area contributed by atoms with Crippen LogP contribution in [-0.2, 0) is 4.74 Å². The maximum Gasteiger partial charge on any atom is 0.407 e. The standard InChI is InChI=1S/C13H23F3N2O2/c1-12(2,3)20-11(19)18-10-5-4-9(8-10)17-7-6-13(14,15)16/h9-10,17H,4-8H2,1-3H3,(H,18,19). The molecule has 2 N–H and O–H groups in total. The van der Waals surface area contributed by atoms with Crippen LogP contribution < -0.4 is 10.6 Å². The summed E-state index contributed by atoms with van der Waals surface area (Å²) in [6, 6.07) is -0.00877. The molecule has 7 heteroatoms. The van der Waals surface area contributed by atoms with E-state index in [1.807, 2.05) is 0 Å². The van der Waals surface area contributed by atoms with Crippen molar-refractivity contribution in [3.8, 4) is 0 Å². The van der Waals surface area contributed by atoms with Crippen molar-refractivity contribution < 1.29 is 22.7 Å². The van der Waals surface area contributed by atoms with E-state index in [0.29, 0.717) is 6.42 Å². The normalized spacial score (nSPS) is 23.7. The van der Waals surface area contributed by atoms with E-state index in [1.165, 1.54) is 0 Å². The van der Waals surface area contributed by atoms with Crippen LogP contribution in [0.1, 0.15) is 46.5 Å². The lowest BCUT2D eigenvalue weighted by Gasteiger charge is -2.21. The SMILES string of the molecule is CC(C)(C)OC(=O)NC1CCC(NCCC(F)(F)F)C1. The molecular weight excluding hydrogens is 273 g/mol. The predicted octanol–water partition coefficient (Wildman–Crippen LogP) is 2.97. The van der Waals surface area contributed by atoms with Crippen LogP contribution in [0.3, 0.4) is 0 Å². The molecule has 1 amide bonds. The Morgan fingerprint density at radius 3 is 2.35 bits per heavy atom. The molecule has 1 saturated carbocycles. The first-order valence-electron chi connectivity index (χ1n) is 6.85. The van der Waals surface area contributed by atoms with Crippen molar-refractivity contribution in [2.45, 2.75) is 70.3 Å². The molecule has 0 spiro atoms. The summed E-state index contributed by atoms with van der Waals surface area (Å²) < 4.78 is 41.2. The molecule has 0 aromatic heterocycles. The molecular formula is C13H23F3N2O2. The third kappa shape index (κ3) is 7.57. The number of halogens is 3. The highest BCUT2D eigenvalue weighted by atomic mass is 19.4. The van der Waals surface area contributed by atoms with E-state index in [9.17, 15) is 18.0 Å². The molecule has 0 aliphatic heterocycles. The van der Waals surface area contributed by atoms with Gasteiger partial charge in [-0.2, -0.15) is 13.2 Å². The first kappa shape index (κ1) is 17.1. The zero-order chi connectivity index (χ0) is 15.4. The molecule has 4 nitrogen and oxygen atoms in total. The van der Waals surface area contributed by atoms with Crippen molar-refractivity contribution in [1.29, 1.82) is 0 Å². The van der Waals surface area contributed by atoms with Crippen molar-refractivity contribution in [3.63, 3.8) is 0 Å². The number of ether oxygens (including phenoxy) is 1. The topological polar surface area (TPSA) is 50.4 Å². The van der Waals surface area contributed by atoms with E-state index in [4.69, 9.17) is 4.74 Å². The average Bonchev–Trinajstić information content (AvgIpc) is 2.60. The number of alkyl halides is 3. The predicted molar refractivity (Wildman–Crippen MR) is 69.5 cm³/mol. The summed E-state index contributed by atoms with van der Waals surface area (Å²) in [4.78, 5) is 11.6. The zero-order valence-corrected chi connectivity index (χ0v) is 12.1. The van der Waals surface area contributed by atoms with Gasteiger partial charge in [-0.3, -0.25) is 0 Å². The van der Waals surface area contributed by atoms with E-state index >= 15 is 0 Å². The fraction of sp³-hybridized carbons (Fsp3) is 0.923. The van der Waals surface area contributed by atoms with Gasteiger partial charge in [-0.15, -0.1) is 0 Å². The highest BCUT2D eigenvalue weighted by molar-refractivity contribution is 5.68. The molecule has 1 aliphatic rings. The summed E-state index contributed by atoms with van der Waals surface area (Å²) in [5, 5.41) is 5.63. The smallest absolute Gasteiger partial charge is 0.407 e. The van der Waals surface area contributed by atoms with Gasteiger partial charge in [0.2, 0.25) is 0 Å². The second-order valence-corrected chi connectivity index (χ2v) is 6.17. The second-order valence-electron chi connectivity index (χ2n) is 6.17. The summed E-state index contributed by atoms with van der Waals surface area (Å²) in [7, 11) is 0. The highest BCUT2D eigenvalue weighted by Gasteiger charge is 2.30. The monoisotopic (exact) mass is 296 g/mol. The molecule has 0 aromatic carbocycles. The third-order valence-electron chi connectivity index (χ3n) is 2.99. The molecule has 2 atom stereocenters. The van der Waals surface area contributed by atoms with Gasteiger partial charge in [0.1, 0.15) is 5.60 Å². The highest BCUT2D eigenvalue weighted by Crippen LogP contribution is 2.22. The van der Waals surface area contributed by atoms with Crippen molar-refractivity contribution in [3.05, 3.63) is 0 Å². The fourth-order valence-electron chi connectivity index (χ4n) is 2.19. The van der Waals surface area contributed by atoms with E-state index < -0.39 is 24.3 Å². The summed E-state index contributed by atoms with van der Waals surface area (Å²) >= 11 is 0. The minimum absolute atomic E-state index is 0.0253. The quantitative estimate of drug-likeness (QED) is 0.838. The molecule has 0 heterocycles. The van der Waals surface area contributed by atoms with Gasteiger partial charge in [0, 0.05) is 18.6 Å². The van der Waals surface area contributed by atoms with Crippen LogP contribution in [0.25, 0.3) is 0 Å². The first-order chi connectivity index (χ1) is 9.05. The Hall–Kier alpha value is -0.980. The summed E-state index contributed by atoms with van der Waals surface area (Å²) in [6.07, 6.45) is -3.27. The summed E-state index contributed by atoms with van der Waals surface area (Å²) in [5.74, 6) is 0. The van der Waals surface area contributed by atoms with Crippen molar-refractivity contribution in [1.82, 2.24) is 10.6 Å². The van der Waals surface area contributed by atoms with Gasteiger partial charge < -0.3 is 15.4 Å². The van der Waals surface area contributed by atoms with Crippen LogP contribution in [0.2, 0.25) is 0 Å². The Morgan fingerprint density at radius 1 is 1.20 bits per heavy atom. The number of carbonyl (C=O) groups excluding carboxylic acids is 1. The van der Waals surface area contributed by atoms with Gasteiger partial charge in [-0.25, -0.2) is 4.79 Å². The van der Waals surface area contributed by atoms with E-state index in [-0.39, 0.29) is 18.6 Å². The van der Waals surface area contributed by atoms with Crippen LogP contribution in [0.5, 0.6) is 0 Å². The number of hydrogen-bond donors (Lipinski definition) is 2. The maximum absolute atomic E-state index is 12.0. The molecule has 20 heavy (non-hydrogen) atoms. The number of carbonyl (C=O) groups is 1. The van der Waals surface area contributed by atoms with Crippen LogP contribution in [0, 0.1) is 0 Å². The number of hydrogen-bond acceptors (Lipinski definition) is 3. The van der Waals surface area contributed by atoms with Crippen LogP contribution in [0.4, 0.5) is 18.0 Å². The van der Waals surface area contributed by atoms with Gasteiger partial charge in [0.25, 0.3) is 0 Å². The van der Waals surface area contributed by atoms with Crippen molar-refractivity contribution >= 4 is 6.09 Å². The van der Waals surface area contributed by atoms with Crippen LogP contribution in [-0.4, -0.2) is 36.5 Å². The Bertz CT molecular complexity index is 327. The average molecular weight is 296 g/mol. The van der Waals surface area contributed by atoms with Gasteiger partial charge in [0.15, 0.2) is 0 Å². The number of nitrogens with one attached hydrogen (secondary N) is 2. The third-order valence-corrected chi connectivity index (χ3v) is 2.99. The van der Waals surface area contributed by atoms with Gasteiger partial charge in [0.05, 0.1) is 6.42 Å². The largest absolute Gasteiger partial charge is 0.444 e. The molecule has 0 bridgehead atoms. The first-order valence-corrected chi connectivity index (χ1v) is 6.85.